The van der Waals surface area contributed by atoms with E-state index < -0.39 is 0 Å². The molecule has 0 saturated carbocycles. The zero-order valence-corrected chi connectivity index (χ0v) is 22.1. The standard InChI is InChI=1S/C26H27Cl2N7O2/c1-32-15-35(23-21(27)4-3-5-22(23)28)25(36)20-10-29-26(31-24(20)32)30-16-6-8-17(9-7-16)34-11-18-13-37-14-19(12-34)33(18)2/h3-10,18-19H,11-15H2,1-2H3,(H,29,30,31). The van der Waals surface area contributed by atoms with Crippen molar-refractivity contribution in [2.45, 2.75) is 12.1 Å². The first-order valence-electron chi connectivity index (χ1n) is 12.1. The molecule has 6 rings (SSSR count). The molecule has 0 radical (unpaired) electrons. The Balaban J connectivity index is 1.18. The third-order valence-corrected chi connectivity index (χ3v) is 7.90. The second kappa shape index (κ2) is 9.64. The topological polar surface area (TPSA) is 77.1 Å². The van der Waals surface area contributed by atoms with Gasteiger partial charge in [0, 0.05) is 37.7 Å². The van der Waals surface area contributed by atoms with Crippen LogP contribution in [0.3, 0.4) is 0 Å². The molecule has 1 aromatic heterocycles. The second-order valence-corrected chi connectivity index (χ2v) is 10.5. The third-order valence-electron chi connectivity index (χ3n) is 7.29. The number of nitrogens with zero attached hydrogens (tertiary/aromatic N) is 6. The van der Waals surface area contributed by atoms with E-state index in [1.807, 2.05) is 24.1 Å². The molecule has 2 saturated heterocycles. The predicted molar refractivity (Wildman–Crippen MR) is 147 cm³/mol. The zero-order chi connectivity index (χ0) is 25.7. The molecule has 2 bridgehead atoms. The lowest BCUT2D eigenvalue weighted by Gasteiger charge is -2.48. The van der Waals surface area contributed by atoms with E-state index in [1.54, 1.807) is 29.3 Å². The summed E-state index contributed by atoms with van der Waals surface area (Å²) in [6, 6.07) is 14.3. The quantitative estimate of drug-likeness (QED) is 0.531. The molecular formula is C26H27Cl2N7O2. The number of anilines is 5. The highest BCUT2D eigenvalue weighted by Gasteiger charge is 2.36. The molecule has 4 heterocycles. The molecule has 2 atom stereocenters. The van der Waals surface area contributed by atoms with Crippen LogP contribution in [0.1, 0.15) is 10.4 Å². The highest BCUT2D eigenvalue weighted by Crippen LogP contribution is 2.37. The Morgan fingerprint density at radius 1 is 1.00 bits per heavy atom. The van der Waals surface area contributed by atoms with Gasteiger partial charge in [-0.2, -0.15) is 4.98 Å². The van der Waals surface area contributed by atoms with Gasteiger partial charge in [-0.25, -0.2) is 4.98 Å². The van der Waals surface area contributed by atoms with Gasteiger partial charge in [-0.3, -0.25) is 14.6 Å². The largest absolute Gasteiger partial charge is 0.378 e. The van der Waals surface area contributed by atoms with E-state index in [9.17, 15) is 4.79 Å². The summed E-state index contributed by atoms with van der Waals surface area (Å²) in [5, 5.41) is 4.09. The van der Waals surface area contributed by atoms with E-state index in [1.165, 1.54) is 5.69 Å². The number of halogens is 2. The Hall–Kier alpha value is -3.11. The van der Waals surface area contributed by atoms with Gasteiger partial charge in [0.25, 0.3) is 5.91 Å². The minimum atomic E-state index is -0.249. The number of hydrogen-bond acceptors (Lipinski definition) is 8. The van der Waals surface area contributed by atoms with Crippen molar-refractivity contribution in [2.75, 3.05) is 67.1 Å². The first-order chi connectivity index (χ1) is 17.9. The number of nitrogens with one attached hydrogen (secondary N) is 1. The van der Waals surface area contributed by atoms with Gasteiger partial charge >= 0.3 is 0 Å². The van der Waals surface area contributed by atoms with Crippen molar-refractivity contribution in [2.24, 2.45) is 0 Å². The smallest absolute Gasteiger partial charge is 0.265 e. The van der Waals surface area contributed by atoms with Gasteiger partial charge in [0.05, 0.1) is 47.7 Å². The van der Waals surface area contributed by atoms with E-state index in [-0.39, 0.29) is 12.6 Å². The Morgan fingerprint density at radius 2 is 1.68 bits per heavy atom. The molecular weight excluding hydrogens is 513 g/mol. The summed E-state index contributed by atoms with van der Waals surface area (Å²) in [6.45, 7) is 3.71. The van der Waals surface area contributed by atoms with Crippen molar-refractivity contribution in [1.82, 2.24) is 14.9 Å². The summed E-state index contributed by atoms with van der Waals surface area (Å²) in [7, 11) is 4.06. The van der Waals surface area contributed by atoms with Gasteiger partial charge in [-0.05, 0) is 43.4 Å². The lowest BCUT2D eigenvalue weighted by atomic mass is 10.0. The number of carbonyl (C=O) groups excluding carboxylic acids is 1. The number of carbonyl (C=O) groups is 1. The van der Waals surface area contributed by atoms with Gasteiger partial charge in [0.1, 0.15) is 11.4 Å². The Morgan fingerprint density at radius 3 is 2.35 bits per heavy atom. The average Bonchev–Trinajstić information content (AvgIpc) is 2.87. The number of para-hydroxylation sites is 1. The van der Waals surface area contributed by atoms with Crippen LogP contribution >= 0.6 is 23.2 Å². The van der Waals surface area contributed by atoms with E-state index >= 15 is 0 Å². The number of aromatic nitrogens is 2. The maximum atomic E-state index is 13.3. The number of piperazine rings is 1. The van der Waals surface area contributed by atoms with Gasteiger partial charge in [-0.15, -0.1) is 0 Å². The summed E-state index contributed by atoms with van der Waals surface area (Å²) < 4.78 is 5.74. The molecule has 2 unspecified atom stereocenters. The highest BCUT2D eigenvalue weighted by atomic mass is 35.5. The van der Waals surface area contributed by atoms with Crippen LogP contribution in [0.25, 0.3) is 0 Å². The number of ether oxygens (including phenoxy) is 1. The fourth-order valence-electron chi connectivity index (χ4n) is 5.20. The van der Waals surface area contributed by atoms with Crippen LogP contribution in [-0.2, 0) is 4.74 Å². The molecule has 11 heteroatoms. The SMILES string of the molecule is CN1CN(c2c(Cl)cccc2Cl)C(=O)c2cnc(Nc3ccc(N4CC5COCC(C4)N5C)cc3)nc21. The fourth-order valence-corrected chi connectivity index (χ4v) is 5.80. The molecule has 192 valence electrons. The molecule has 3 aliphatic heterocycles. The van der Waals surface area contributed by atoms with Crippen LogP contribution in [0, 0.1) is 0 Å². The van der Waals surface area contributed by atoms with Gasteiger partial charge < -0.3 is 19.9 Å². The highest BCUT2D eigenvalue weighted by molar-refractivity contribution is 6.40. The van der Waals surface area contributed by atoms with Gasteiger partial charge in [0.15, 0.2) is 0 Å². The molecule has 2 aromatic carbocycles. The minimum absolute atomic E-state index is 0.249. The number of morpholine rings is 1. The lowest BCUT2D eigenvalue weighted by molar-refractivity contribution is -0.0439. The van der Waals surface area contributed by atoms with Crippen molar-refractivity contribution in [1.29, 1.82) is 0 Å². The summed E-state index contributed by atoms with van der Waals surface area (Å²) in [5.41, 5.74) is 2.92. The second-order valence-electron chi connectivity index (χ2n) is 9.66. The first kappa shape index (κ1) is 24.2. The number of rotatable bonds is 4. The Bertz CT molecular complexity index is 1300. The van der Waals surface area contributed by atoms with Crippen LogP contribution in [0.15, 0.2) is 48.7 Å². The molecule has 0 spiro atoms. The first-order valence-corrected chi connectivity index (χ1v) is 12.9. The van der Waals surface area contributed by atoms with Crippen molar-refractivity contribution in [3.05, 3.63) is 64.3 Å². The monoisotopic (exact) mass is 539 g/mol. The van der Waals surface area contributed by atoms with Crippen molar-refractivity contribution >= 4 is 57.9 Å². The predicted octanol–water partition coefficient (Wildman–Crippen LogP) is 4.10. The van der Waals surface area contributed by atoms with Gasteiger partial charge in [0.2, 0.25) is 5.95 Å². The lowest BCUT2D eigenvalue weighted by Crippen LogP contribution is -2.63. The summed E-state index contributed by atoms with van der Waals surface area (Å²) >= 11 is 12.7. The fraction of sp³-hybridized carbons (Fsp3) is 0.346. The number of amides is 1. The summed E-state index contributed by atoms with van der Waals surface area (Å²) in [5.74, 6) is 0.716. The van der Waals surface area contributed by atoms with E-state index in [0.717, 1.165) is 32.0 Å². The van der Waals surface area contributed by atoms with E-state index in [0.29, 0.717) is 45.1 Å². The number of benzene rings is 2. The molecule has 3 aromatic rings. The molecule has 3 aliphatic rings. The molecule has 2 fully saturated rings. The zero-order valence-electron chi connectivity index (χ0n) is 20.6. The molecule has 1 N–H and O–H groups in total. The maximum absolute atomic E-state index is 13.3. The van der Waals surface area contributed by atoms with Crippen LogP contribution in [0.5, 0.6) is 0 Å². The van der Waals surface area contributed by atoms with E-state index in [4.69, 9.17) is 27.9 Å². The van der Waals surface area contributed by atoms with Crippen LogP contribution in [0.2, 0.25) is 10.0 Å². The van der Waals surface area contributed by atoms with Crippen LogP contribution < -0.4 is 20.0 Å². The number of fused-ring (bicyclic) bond motifs is 3. The molecule has 1 amide bonds. The number of hydrogen-bond donors (Lipinski definition) is 1. The van der Waals surface area contributed by atoms with Crippen molar-refractivity contribution in [3.63, 3.8) is 0 Å². The van der Waals surface area contributed by atoms with Gasteiger partial charge in [-0.1, -0.05) is 29.3 Å². The third kappa shape index (κ3) is 4.46. The maximum Gasteiger partial charge on any atom is 0.265 e. The molecule has 9 nitrogen and oxygen atoms in total. The normalized spacial score (nSPS) is 21.7. The Kier molecular flexibility index (Phi) is 6.32. The Labute approximate surface area is 225 Å². The van der Waals surface area contributed by atoms with Crippen LogP contribution in [0.4, 0.5) is 28.8 Å². The average molecular weight is 540 g/mol. The van der Waals surface area contributed by atoms with Crippen molar-refractivity contribution in [3.8, 4) is 0 Å². The van der Waals surface area contributed by atoms with Crippen molar-refractivity contribution < 1.29 is 9.53 Å². The summed E-state index contributed by atoms with van der Waals surface area (Å²) in [6.07, 6.45) is 1.54. The molecule has 0 aliphatic carbocycles. The molecule has 37 heavy (non-hydrogen) atoms. The van der Waals surface area contributed by atoms with Crippen LogP contribution in [-0.4, -0.2) is 79.9 Å². The summed E-state index contributed by atoms with van der Waals surface area (Å²) in [4.78, 5) is 30.6. The minimum Gasteiger partial charge on any atom is -0.378 e. The van der Waals surface area contributed by atoms with E-state index in [2.05, 4.69) is 44.3 Å². The number of likely N-dealkylation sites (N-methyl/N-ethyl adjacent to an activating group) is 1.